The first-order valence-electron chi connectivity index (χ1n) is 10.4. The van der Waals surface area contributed by atoms with Crippen LogP contribution in [0.2, 0.25) is 0 Å². The number of amides is 2. The Morgan fingerprint density at radius 1 is 0.879 bits per heavy atom. The molecule has 0 atom stereocenters. The van der Waals surface area contributed by atoms with Gasteiger partial charge in [0.1, 0.15) is 0 Å². The summed E-state index contributed by atoms with van der Waals surface area (Å²) in [7, 11) is 0. The number of nitrogens with one attached hydrogen (secondary N) is 1. The van der Waals surface area contributed by atoms with Gasteiger partial charge in [-0.05, 0) is 55.2 Å². The maximum atomic E-state index is 13.1. The van der Waals surface area contributed by atoms with Gasteiger partial charge in [-0.1, -0.05) is 18.2 Å². The summed E-state index contributed by atoms with van der Waals surface area (Å²) in [6, 6.07) is 9.15. The van der Waals surface area contributed by atoms with Crippen LogP contribution in [-0.4, -0.2) is 36.3 Å². The van der Waals surface area contributed by atoms with Gasteiger partial charge in [0.05, 0.1) is 11.1 Å². The van der Waals surface area contributed by atoms with Crippen LogP contribution >= 0.6 is 0 Å². The summed E-state index contributed by atoms with van der Waals surface area (Å²) in [4.78, 5) is 26.4. The van der Waals surface area contributed by atoms with Crippen LogP contribution in [0.15, 0.2) is 48.5 Å². The molecule has 2 aromatic carbocycles. The van der Waals surface area contributed by atoms with E-state index in [4.69, 9.17) is 0 Å². The molecule has 178 valence electrons. The molecule has 10 heteroatoms. The topological polar surface area (TPSA) is 49.4 Å². The number of carbonyl (C=O) groups is 2. The number of benzene rings is 2. The molecule has 0 bridgehead atoms. The van der Waals surface area contributed by atoms with Gasteiger partial charge in [-0.3, -0.25) is 9.59 Å². The van der Waals surface area contributed by atoms with Crippen molar-refractivity contribution in [3.8, 4) is 0 Å². The second-order valence-corrected chi connectivity index (χ2v) is 7.84. The molecule has 0 unspecified atom stereocenters. The summed E-state index contributed by atoms with van der Waals surface area (Å²) in [5, 5.41) is 2.66. The number of hydrogen-bond acceptors (Lipinski definition) is 2. The van der Waals surface area contributed by atoms with Crippen molar-refractivity contribution in [1.29, 1.82) is 0 Å². The zero-order valence-electron chi connectivity index (χ0n) is 17.5. The molecule has 0 aromatic heterocycles. The third-order valence-electron chi connectivity index (χ3n) is 5.63. The monoisotopic (exact) mass is 472 g/mol. The summed E-state index contributed by atoms with van der Waals surface area (Å²) in [6.07, 6.45) is -8.20. The number of piperidine rings is 1. The van der Waals surface area contributed by atoms with E-state index in [2.05, 4.69) is 5.32 Å². The zero-order chi connectivity index (χ0) is 24.2. The largest absolute Gasteiger partial charge is 0.416 e. The van der Waals surface area contributed by atoms with Crippen LogP contribution in [0.4, 0.5) is 26.3 Å². The van der Waals surface area contributed by atoms with Crippen LogP contribution in [-0.2, 0) is 23.6 Å². The average molecular weight is 472 g/mol. The smallest absolute Gasteiger partial charge is 0.356 e. The van der Waals surface area contributed by atoms with Crippen molar-refractivity contribution in [3.63, 3.8) is 0 Å². The highest BCUT2D eigenvalue weighted by molar-refractivity contribution is 5.94. The zero-order valence-corrected chi connectivity index (χ0v) is 17.5. The van der Waals surface area contributed by atoms with Crippen molar-refractivity contribution in [1.82, 2.24) is 10.2 Å². The molecule has 0 aliphatic carbocycles. The van der Waals surface area contributed by atoms with Gasteiger partial charge in [0.25, 0.3) is 5.91 Å². The van der Waals surface area contributed by atoms with E-state index in [1.165, 1.54) is 23.1 Å². The summed E-state index contributed by atoms with van der Waals surface area (Å²) >= 11 is 0. The van der Waals surface area contributed by atoms with E-state index in [-0.39, 0.29) is 49.0 Å². The van der Waals surface area contributed by atoms with Crippen molar-refractivity contribution in [3.05, 3.63) is 70.8 Å². The highest BCUT2D eigenvalue weighted by Gasteiger charge is 2.33. The molecule has 1 fully saturated rings. The molecular formula is C23H22F6N2O2. The van der Waals surface area contributed by atoms with E-state index in [9.17, 15) is 35.9 Å². The predicted molar refractivity (Wildman–Crippen MR) is 108 cm³/mol. The molecule has 1 aliphatic rings. The minimum Gasteiger partial charge on any atom is -0.356 e. The lowest BCUT2D eigenvalue weighted by molar-refractivity contribution is -0.138. The minimum atomic E-state index is -4.48. The number of alkyl halides is 6. The van der Waals surface area contributed by atoms with Crippen LogP contribution in [0.3, 0.4) is 0 Å². The Morgan fingerprint density at radius 3 is 2.06 bits per heavy atom. The minimum absolute atomic E-state index is 0.0344. The van der Waals surface area contributed by atoms with E-state index in [1.54, 1.807) is 0 Å². The Labute approximate surface area is 186 Å². The molecule has 1 N–H and O–H groups in total. The first kappa shape index (κ1) is 24.6. The first-order chi connectivity index (χ1) is 15.5. The fourth-order valence-corrected chi connectivity index (χ4v) is 3.81. The third kappa shape index (κ3) is 6.27. The number of nitrogens with zero attached hydrogens (tertiary/aromatic N) is 1. The predicted octanol–water partition coefficient (Wildman–Crippen LogP) is 4.94. The SMILES string of the molecule is O=C(NCCc1ccccc1C(F)(F)F)C1CCN(C(=O)c2ccc(C(F)(F)F)cc2)CC1. The quantitative estimate of drug-likeness (QED) is 0.628. The highest BCUT2D eigenvalue weighted by Crippen LogP contribution is 2.32. The summed E-state index contributed by atoms with van der Waals surface area (Å²) in [6.45, 7) is 0.570. The van der Waals surface area contributed by atoms with E-state index in [1.807, 2.05) is 0 Å². The van der Waals surface area contributed by atoms with Gasteiger partial charge >= 0.3 is 12.4 Å². The molecule has 1 heterocycles. The van der Waals surface area contributed by atoms with E-state index in [0.717, 1.165) is 30.3 Å². The summed E-state index contributed by atoms with van der Waals surface area (Å²) in [5.41, 5.74) is -1.34. The fraction of sp³-hybridized carbons (Fsp3) is 0.391. The number of rotatable bonds is 5. The fourth-order valence-electron chi connectivity index (χ4n) is 3.81. The van der Waals surface area contributed by atoms with Gasteiger partial charge in [-0.15, -0.1) is 0 Å². The molecule has 4 nitrogen and oxygen atoms in total. The second kappa shape index (κ2) is 9.84. The highest BCUT2D eigenvalue weighted by atomic mass is 19.4. The Kier molecular flexibility index (Phi) is 7.34. The van der Waals surface area contributed by atoms with Gasteiger partial charge in [0.15, 0.2) is 0 Å². The van der Waals surface area contributed by atoms with Gasteiger partial charge in [-0.25, -0.2) is 0 Å². The summed E-state index contributed by atoms with van der Waals surface area (Å²) < 4.78 is 77.2. The molecule has 2 amide bonds. The maximum absolute atomic E-state index is 13.1. The second-order valence-electron chi connectivity index (χ2n) is 7.84. The standard InChI is InChI=1S/C23H22F6N2O2/c24-22(25,26)18-7-5-17(6-8-18)21(33)31-13-10-16(11-14-31)20(32)30-12-9-15-3-1-2-4-19(15)23(27,28)29/h1-8,16H,9-14H2,(H,30,32). The number of likely N-dealkylation sites (tertiary alicyclic amines) is 1. The first-order valence-corrected chi connectivity index (χ1v) is 10.4. The van der Waals surface area contributed by atoms with Crippen LogP contribution in [0.25, 0.3) is 0 Å². The Bertz CT molecular complexity index is 978. The molecule has 1 saturated heterocycles. The molecule has 0 spiro atoms. The lowest BCUT2D eigenvalue weighted by Crippen LogP contribution is -2.43. The van der Waals surface area contributed by atoms with Crippen molar-refractivity contribution in [2.24, 2.45) is 5.92 Å². The number of hydrogen-bond donors (Lipinski definition) is 1. The van der Waals surface area contributed by atoms with Crippen LogP contribution in [0.5, 0.6) is 0 Å². The van der Waals surface area contributed by atoms with Crippen molar-refractivity contribution < 1.29 is 35.9 Å². The van der Waals surface area contributed by atoms with Crippen LogP contribution < -0.4 is 5.32 Å². The van der Waals surface area contributed by atoms with Crippen LogP contribution in [0, 0.1) is 5.92 Å². The van der Waals surface area contributed by atoms with E-state index in [0.29, 0.717) is 12.8 Å². The van der Waals surface area contributed by atoms with Crippen molar-refractivity contribution >= 4 is 11.8 Å². The molecule has 33 heavy (non-hydrogen) atoms. The Balaban J connectivity index is 1.48. The Morgan fingerprint density at radius 2 is 1.48 bits per heavy atom. The molecular weight excluding hydrogens is 450 g/mol. The average Bonchev–Trinajstić information content (AvgIpc) is 2.78. The van der Waals surface area contributed by atoms with E-state index < -0.39 is 29.4 Å². The molecule has 0 radical (unpaired) electrons. The van der Waals surface area contributed by atoms with Gasteiger partial charge in [-0.2, -0.15) is 26.3 Å². The maximum Gasteiger partial charge on any atom is 0.416 e. The normalized spacial score (nSPS) is 15.4. The molecule has 1 aliphatic heterocycles. The molecule has 3 rings (SSSR count). The van der Waals surface area contributed by atoms with Crippen molar-refractivity contribution in [2.45, 2.75) is 31.6 Å². The van der Waals surface area contributed by atoms with E-state index >= 15 is 0 Å². The lowest BCUT2D eigenvalue weighted by Gasteiger charge is -2.31. The van der Waals surface area contributed by atoms with Gasteiger partial charge < -0.3 is 10.2 Å². The Hall–Kier alpha value is -3.04. The van der Waals surface area contributed by atoms with Crippen LogP contribution in [0.1, 0.15) is 39.9 Å². The van der Waals surface area contributed by atoms with Gasteiger partial charge in [0, 0.05) is 31.1 Å². The molecule has 0 saturated carbocycles. The van der Waals surface area contributed by atoms with Crippen molar-refractivity contribution in [2.75, 3.05) is 19.6 Å². The molecule has 2 aromatic rings. The summed E-state index contributed by atoms with van der Waals surface area (Å²) in [5.74, 6) is -1.09. The lowest BCUT2D eigenvalue weighted by atomic mass is 9.95. The van der Waals surface area contributed by atoms with Gasteiger partial charge in [0.2, 0.25) is 5.91 Å². The third-order valence-corrected chi connectivity index (χ3v) is 5.63. The number of halogens is 6. The number of carbonyl (C=O) groups excluding carboxylic acids is 2.